The van der Waals surface area contributed by atoms with Crippen molar-refractivity contribution in [1.29, 1.82) is 0 Å². The van der Waals surface area contributed by atoms with E-state index in [2.05, 4.69) is 54.5 Å². The predicted molar refractivity (Wildman–Crippen MR) is 101 cm³/mol. The molecule has 1 aromatic carbocycles. The number of rotatable bonds is 1. The van der Waals surface area contributed by atoms with Crippen LogP contribution in [0.15, 0.2) is 40.1 Å². The molecule has 3 heteroatoms. The molecule has 3 aromatic rings. The van der Waals surface area contributed by atoms with Gasteiger partial charge in [0.1, 0.15) is 11.3 Å². The van der Waals surface area contributed by atoms with E-state index >= 15 is 0 Å². The van der Waals surface area contributed by atoms with E-state index in [1.807, 2.05) is 11.3 Å². The van der Waals surface area contributed by atoms with Crippen molar-refractivity contribution in [3.8, 4) is 0 Å². The predicted octanol–water partition coefficient (Wildman–Crippen LogP) is 6.54. The number of furan rings is 1. The third-order valence-corrected chi connectivity index (χ3v) is 7.00. The van der Waals surface area contributed by atoms with Gasteiger partial charge >= 0.3 is 0 Å². The Labute approximate surface area is 147 Å². The summed E-state index contributed by atoms with van der Waals surface area (Å²) >= 11 is 1.83. The smallest absolute Gasteiger partial charge is 0.145 e. The van der Waals surface area contributed by atoms with E-state index in [1.54, 1.807) is 0 Å². The van der Waals surface area contributed by atoms with Crippen molar-refractivity contribution < 1.29 is 4.42 Å². The highest BCUT2D eigenvalue weighted by Gasteiger charge is 2.53. The number of nitrogens with zero attached hydrogens (tertiary/aromatic N) is 1. The van der Waals surface area contributed by atoms with Crippen molar-refractivity contribution in [2.24, 2.45) is 0 Å². The van der Waals surface area contributed by atoms with Crippen molar-refractivity contribution in [3.63, 3.8) is 0 Å². The molecule has 1 aliphatic carbocycles. The second kappa shape index (κ2) is 5.13. The number of fused-ring (bicyclic) bond motifs is 4. The topological polar surface area (TPSA) is 16.4 Å². The van der Waals surface area contributed by atoms with Gasteiger partial charge in [-0.1, -0.05) is 37.5 Å². The Balaban J connectivity index is 1.77. The minimum atomic E-state index is 0.0534. The summed E-state index contributed by atoms with van der Waals surface area (Å²) in [6.07, 6.45) is 6.35. The Morgan fingerprint density at radius 3 is 2.71 bits per heavy atom. The lowest BCUT2D eigenvalue weighted by molar-refractivity contribution is 0.248. The van der Waals surface area contributed by atoms with Crippen LogP contribution in [0.5, 0.6) is 0 Å². The van der Waals surface area contributed by atoms with E-state index in [9.17, 15) is 0 Å². The van der Waals surface area contributed by atoms with E-state index in [0.29, 0.717) is 6.04 Å². The molecule has 1 spiro atoms. The Morgan fingerprint density at radius 2 is 1.92 bits per heavy atom. The van der Waals surface area contributed by atoms with E-state index in [4.69, 9.17) is 4.42 Å². The van der Waals surface area contributed by atoms with Gasteiger partial charge in [-0.25, -0.2) is 0 Å². The zero-order chi connectivity index (χ0) is 16.3. The lowest BCUT2D eigenvalue weighted by Gasteiger charge is -2.45. The average Bonchev–Trinajstić information content (AvgIpc) is 3.23. The molecule has 3 heterocycles. The molecular weight excluding hydrogens is 314 g/mol. The van der Waals surface area contributed by atoms with Crippen LogP contribution in [0.4, 0.5) is 5.69 Å². The van der Waals surface area contributed by atoms with Crippen LogP contribution in [0.25, 0.3) is 10.3 Å². The van der Waals surface area contributed by atoms with E-state index < -0.39 is 0 Å². The molecule has 1 unspecified atom stereocenters. The quantitative estimate of drug-likeness (QED) is 0.501. The van der Waals surface area contributed by atoms with E-state index in [0.717, 1.165) is 5.58 Å². The van der Waals surface area contributed by atoms with E-state index in [-0.39, 0.29) is 5.54 Å². The molecule has 24 heavy (non-hydrogen) atoms. The molecule has 124 valence electrons. The molecule has 2 aliphatic rings. The summed E-state index contributed by atoms with van der Waals surface area (Å²) in [7, 11) is 0. The van der Waals surface area contributed by atoms with Crippen LogP contribution in [0.3, 0.4) is 0 Å². The Kier molecular flexibility index (Phi) is 3.12. The number of thiophene rings is 1. The molecule has 2 nitrogen and oxygen atoms in total. The van der Waals surface area contributed by atoms with Gasteiger partial charge in [-0.15, -0.1) is 11.3 Å². The number of benzene rings is 1. The van der Waals surface area contributed by atoms with Crippen LogP contribution in [0, 0.1) is 6.92 Å². The third kappa shape index (κ3) is 1.76. The van der Waals surface area contributed by atoms with Crippen LogP contribution >= 0.6 is 11.3 Å². The van der Waals surface area contributed by atoms with Crippen molar-refractivity contribution in [3.05, 3.63) is 52.6 Å². The summed E-state index contributed by atoms with van der Waals surface area (Å²) in [5.41, 5.74) is 5.33. The molecule has 1 atom stereocenters. The summed E-state index contributed by atoms with van der Waals surface area (Å²) in [6.45, 7) is 4.60. The molecule has 1 saturated carbocycles. The normalized spacial score (nSPS) is 22.4. The first-order valence-electron chi connectivity index (χ1n) is 9.08. The van der Waals surface area contributed by atoms with Crippen LogP contribution in [-0.4, -0.2) is 0 Å². The van der Waals surface area contributed by atoms with Crippen molar-refractivity contribution in [2.75, 3.05) is 4.90 Å². The van der Waals surface area contributed by atoms with Crippen molar-refractivity contribution in [1.82, 2.24) is 0 Å². The minimum Gasteiger partial charge on any atom is -0.457 e. The molecule has 0 bridgehead atoms. The standard InChI is InChI=1S/C21H23NOS/c1-14-8-4-5-9-16(14)22-15(2)18-19-17(10-13-24-19)23-20(18)21(22)11-6-3-7-12-21/h4-5,8-10,13,15H,3,6-7,11-12H2,1-2H3. The van der Waals surface area contributed by atoms with Crippen LogP contribution in [-0.2, 0) is 5.54 Å². The van der Waals surface area contributed by atoms with Gasteiger partial charge in [0.2, 0.25) is 0 Å². The summed E-state index contributed by atoms with van der Waals surface area (Å²) in [4.78, 5) is 2.69. The minimum absolute atomic E-state index is 0.0534. The van der Waals surface area contributed by atoms with Gasteiger partial charge in [-0.2, -0.15) is 0 Å². The molecule has 0 saturated heterocycles. The first-order valence-corrected chi connectivity index (χ1v) is 9.96. The van der Waals surface area contributed by atoms with Crippen molar-refractivity contribution >= 4 is 27.3 Å². The monoisotopic (exact) mass is 337 g/mol. The zero-order valence-corrected chi connectivity index (χ0v) is 15.2. The number of anilines is 1. The second-order valence-corrected chi connectivity index (χ2v) is 8.30. The van der Waals surface area contributed by atoms with Gasteiger partial charge in [0.05, 0.1) is 16.3 Å². The summed E-state index contributed by atoms with van der Waals surface area (Å²) in [5, 5.41) is 2.16. The average molecular weight is 337 g/mol. The molecule has 0 amide bonds. The molecule has 0 radical (unpaired) electrons. The number of hydrogen-bond donors (Lipinski definition) is 0. The largest absolute Gasteiger partial charge is 0.457 e. The Hall–Kier alpha value is -1.74. The van der Waals surface area contributed by atoms with Crippen LogP contribution < -0.4 is 4.90 Å². The first kappa shape index (κ1) is 14.6. The van der Waals surface area contributed by atoms with Gasteiger partial charge in [-0.05, 0) is 49.8 Å². The van der Waals surface area contributed by atoms with Crippen LogP contribution in [0.1, 0.15) is 62.0 Å². The first-order chi connectivity index (χ1) is 11.7. The fourth-order valence-corrected chi connectivity index (χ4v) is 6.00. The highest BCUT2D eigenvalue weighted by Crippen LogP contribution is 2.58. The third-order valence-electron chi connectivity index (χ3n) is 6.07. The molecule has 2 aromatic heterocycles. The summed E-state index contributed by atoms with van der Waals surface area (Å²) in [5.74, 6) is 1.26. The SMILES string of the molecule is Cc1ccccc1N1C(C)c2c(oc3ccsc23)C12CCCCC2. The lowest BCUT2D eigenvalue weighted by Crippen LogP contribution is -2.44. The van der Waals surface area contributed by atoms with E-state index in [1.165, 1.54) is 59.4 Å². The fourth-order valence-electron chi connectivity index (χ4n) is 5.05. The molecule has 0 N–H and O–H groups in total. The van der Waals surface area contributed by atoms with Gasteiger partial charge in [-0.3, -0.25) is 0 Å². The molecule has 1 fully saturated rings. The Bertz CT molecular complexity index is 900. The van der Waals surface area contributed by atoms with Crippen molar-refractivity contribution in [2.45, 2.75) is 57.5 Å². The van der Waals surface area contributed by atoms with Gasteiger partial charge < -0.3 is 9.32 Å². The van der Waals surface area contributed by atoms with Gasteiger partial charge in [0, 0.05) is 11.3 Å². The van der Waals surface area contributed by atoms with Crippen LogP contribution in [0.2, 0.25) is 0 Å². The summed E-state index contributed by atoms with van der Waals surface area (Å²) in [6, 6.07) is 11.4. The van der Waals surface area contributed by atoms with Gasteiger partial charge in [0.25, 0.3) is 0 Å². The lowest BCUT2D eigenvalue weighted by atomic mass is 9.79. The Morgan fingerprint density at radius 1 is 1.12 bits per heavy atom. The summed E-state index contributed by atoms with van der Waals surface area (Å²) < 4.78 is 7.83. The maximum absolute atomic E-state index is 6.47. The number of aryl methyl sites for hydroxylation is 1. The highest BCUT2D eigenvalue weighted by molar-refractivity contribution is 7.17. The number of hydrogen-bond acceptors (Lipinski definition) is 3. The number of para-hydroxylation sites is 1. The molecule has 1 aliphatic heterocycles. The maximum atomic E-state index is 6.47. The highest BCUT2D eigenvalue weighted by atomic mass is 32.1. The molecular formula is C21H23NOS. The fraction of sp³-hybridized carbons (Fsp3) is 0.429. The molecule has 5 rings (SSSR count). The van der Waals surface area contributed by atoms with Gasteiger partial charge in [0.15, 0.2) is 0 Å². The zero-order valence-electron chi connectivity index (χ0n) is 14.3. The maximum Gasteiger partial charge on any atom is 0.145 e. The second-order valence-electron chi connectivity index (χ2n) is 7.38.